The second-order valence-corrected chi connectivity index (χ2v) is 8.90. The maximum atomic E-state index is 14.0. The summed E-state index contributed by atoms with van der Waals surface area (Å²) in [6.45, 7) is 5.47. The molecule has 1 saturated heterocycles. The van der Waals surface area contributed by atoms with Crippen LogP contribution in [0.4, 0.5) is 15.1 Å². The number of amides is 2. The number of carbonyl (C=O) groups is 1. The summed E-state index contributed by atoms with van der Waals surface area (Å²) < 4.78 is 15.6. The maximum Gasteiger partial charge on any atom is 0.341 e. The number of aryl methyl sites for hydroxylation is 2. The van der Waals surface area contributed by atoms with Crippen LogP contribution in [-0.2, 0) is 0 Å². The Hall–Kier alpha value is -4.11. The third-order valence-corrected chi connectivity index (χ3v) is 6.35. The third-order valence-electron chi connectivity index (χ3n) is 6.08. The highest BCUT2D eigenvalue weighted by atomic mass is 35.5. The van der Waals surface area contributed by atoms with E-state index in [1.165, 1.54) is 23.3 Å². The number of hydrazone groups is 1. The molecule has 0 N–H and O–H groups in total. The van der Waals surface area contributed by atoms with Crippen molar-refractivity contribution in [2.24, 2.45) is 5.10 Å². The summed E-state index contributed by atoms with van der Waals surface area (Å²) in [6.07, 6.45) is 3.61. The number of benzene rings is 1. The molecule has 2 aliphatic rings. The minimum atomic E-state index is -0.518. The van der Waals surface area contributed by atoms with Gasteiger partial charge in [-0.3, -0.25) is 0 Å². The van der Waals surface area contributed by atoms with E-state index in [9.17, 15) is 14.4 Å². The summed E-state index contributed by atoms with van der Waals surface area (Å²) in [5.74, 6) is 1.68. The minimum absolute atomic E-state index is 0.205. The van der Waals surface area contributed by atoms with Crippen molar-refractivity contribution >= 4 is 29.8 Å². The molecular weight excluding hydrogens is 487 g/mol. The number of carbonyl (C=O) groups excluding carboxylic acids is 1. The largest absolute Gasteiger partial charge is 0.341 e. The molecule has 36 heavy (non-hydrogen) atoms. The molecule has 0 saturated carbocycles. The SMILES string of the molecule is Cc1nc(C)n(-c2nc(N3CCN(C(=O)N4N=CCC4c4cc(F)cc(C#N)c4)CC3)ncc2Cl)n1. The van der Waals surface area contributed by atoms with Crippen LogP contribution in [0.25, 0.3) is 5.82 Å². The molecule has 1 aromatic carbocycles. The molecule has 1 unspecified atom stereocenters. The van der Waals surface area contributed by atoms with Gasteiger partial charge in [0.05, 0.1) is 23.9 Å². The Morgan fingerprint density at radius 3 is 2.64 bits per heavy atom. The van der Waals surface area contributed by atoms with Gasteiger partial charge in [0.2, 0.25) is 5.95 Å². The van der Waals surface area contributed by atoms with Crippen LogP contribution < -0.4 is 4.90 Å². The predicted octanol–water partition coefficient (Wildman–Crippen LogP) is 3.01. The predicted molar refractivity (Wildman–Crippen MR) is 129 cm³/mol. The van der Waals surface area contributed by atoms with E-state index in [1.54, 1.807) is 28.8 Å². The van der Waals surface area contributed by atoms with Crippen molar-refractivity contribution in [2.75, 3.05) is 31.1 Å². The molecule has 2 aromatic heterocycles. The van der Waals surface area contributed by atoms with E-state index in [0.29, 0.717) is 66.6 Å². The van der Waals surface area contributed by atoms with E-state index < -0.39 is 11.9 Å². The van der Waals surface area contributed by atoms with Crippen molar-refractivity contribution in [2.45, 2.75) is 26.3 Å². The second-order valence-electron chi connectivity index (χ2n) is 8.50. The van der Waals surface area contributed by atoms with E-state index in [2.05, 4.69) is 25.2 Å². The molecule has 1 atom stereocenters. The van der Waals surface area contributed by atoms with Crippen LogP contribution in [0.5, 0.6) is 0 Å². The van der Waals surface area contributed by atoms with E-state index >= 15 is 0 Å². The molecule has 0 radical (unpaired) electrons. The van der Waals surface area contributed by atoms with Gasteiger partial charge in [0.1, 0.15) is 22.5 Å². The second kappa shape index (κ2) is 9.50. The number of hydrogen-bond donors (Lipinski definition) is 0. The molecule has 2 amide bonds. The Morgan fingerprint density at radius 2 is 1.94 bits per heavy atom. The number of piperazine rings is 1. The first-order valence-electron chi connectivity index (χ1n) is 11.3. The molecule has 0 spiro atoms. The van der Waals surface area contributed by atoms with Gasteiger partial charge in [-0.15, -0.1) is 5.10 Å². The third kappa shape index (κ3) is 4.45. The molecule has 5 rings (SSSR count). The fourth-order valence-electron chi connectivity index (χ4n) is 4.36. The Labute approximate surface area is 211 Å². The molecule has 0 aliphatic carbocycles. The molecule has 11 nitrogen and oxygen atoms in total. The average molecular weight is 509 g/mol. The molecule has 1 fully saturated rings. The number of hydrogen-bond acceptors (Lipinski definition) is 8. The summed E-state index contributed by atoms with van der Waals surface area (Å²) >= 11 is 6.34. The Balaban J connectivity index is 1.29. The number of halogens is 2. The lowest BCUT2D eigenvalue weighted by Crippen LogP contribution is -2.52. The first-order valence-corrected chi connectivity index (χ1v) is 11.7. The summed E-state index contributed by atoms with van der Waals surface area (Å²) in [5.41, 5.74) is 0.744. The Kier molecular flexibility index (Phi) is 6.24. The minimum Gasteiger partial charge on any atom is -0.337 e. The van der Waals surface area contributed by atoms with Gasteiger partial charge in [-0.2, -0.15) is 20.0 Å². The van der Waals surface area contributed by atoms with Crippen LogP contribution in [0.1, 0.15) is 35.2 Å². The van der Waals surface area contributed by atoms with Crippen molar-refractivity contribution < 1.29 is 9.18 Å². The first-order chi connectivity index (χ1) is 17.3. The zero-order valence-corrected chi connectivity index (χ0v) is 20.4. The fraction of sp³-hybridized carbons (Fsp3) is 0.348. The van der Waals surface area contributed by atoms with Gasteiger partial charge in [0.25, 0.3) is 0 Å². The number of rotatable bonds is 3. The molecule has 0 bridgehead atoms. The van der Waals surface area contributed by atoms with Crippen LogP contribution >= 0.6 is 11.6 Å². The van der Waals surface area contributed by atoms with Gasteiger partial charge in [-0.1, -0.05) is 11.6 Å². The van der Waals surface area contributed by atoms with Crippen LogP contribution in [0, 0.1) is 31.0 Å². The monoisotopic (exact) mass is 508 g/mol. The maximum absolute atomic E-state index is 14.0. The van der Waals surface area contributed by atoms with Crippen molar-refractivity contribution in [1.29, 1.82) is 5.26 Å². The van der Waals surface area contributed by atoms with Crippen LogP contribution in [0.3, 0.4) is 0 Å². The van der Waals surface area contributed by atoms with Gasteiger partial charge in [0.15, 0.2) is 5.82 Å². The van der Waals surface area contributed by atoms with Crippen LogP contribution in [-0.4, -0.2) is 73.1 Å². The topological polar surface area (TPSA) is 119 Å². The quantitative estimate of drug-likeness (QED) is 0.533. The lowest BCUT2D eigenvalue weighted by molar-refractivity contribution is 0.139. The van der Waals surface area contributed by atoms with E-state index in [4.69, 9.17) is 11.6 Å². The molecule has 184 valence electrons. The zero-order valence-electron chi connectivity index (χ0n) is 19.6. The van der Waals surface area contributed by atoms with Crippen molar-refractivity contribution in [3.8, 4) is 11.9 Å². The highest BCUT2D eigenvalue weighted by molar-refractivity contribution is 6.32. The number of aromatic nitrogens is 5. The molecule has 2 aliphatic heterocycles. The first kappa shape index (κ1) is 23.6. The van der Waals surface area contributed by atoms with E-state index in [-0.39, 0.29) is 11.6 Å². The summed E-state index contributed by atoms with van der Waals surface area (Å²) in [4.78, 5) is 30.2. The van der Waals surface area contributed by atoms with Crippen LogP contribution in [0.15, 0.2) is 29.5 Å². The van der Waals surface area contributed by atoms with Gasteiger partial charge in [-0.05, 0) is 37.6 Å². The summed E-state index contributed by atoms with van der Waals surface area (Å²) in [7, 11) is 0. The average Bonchev–Trinajstić information content (AvgIpc) is 3.49. The highest BCUT2D eigenvalue weighted by Gasteiger charge is 2.34. The highest BCUT2D eigenvalue weighted by Crippen LogP contribution is 2.31. The fourth-order valence-corrected chi connectivity index (χ4v) is 4.53. The lowest BCUT2D eigenvalue weighted by Gasteiger charge is -2.37. The molecule has 13 heteroatoms. The van der Waals surface area contributed by atoms with Gasteiger partial charge >= 0.3 is 6.03 Å². The molecule has 4 heterocycles. The number of nitriles is 1. The van der Waals surface area contributed by atoms with Crippen LogP contribution in [0.2, 0.25) is 5.02 Å². The standard InChI is InChI=1S/C23H22ClFN10O/c1-14-29-15(2)34(31-14)21-19(24)13-27-22(30-21)32-5-7-33(8-6-32)23(36)35-20(3-4-28-35)17-9-16(12-26)10-18(25)11-17/h4,9-11,13,20H,3,5-8H2,1-2H3. The van der Waals surface area contributed by atoms with Gasteiger partial charge < -0.3 is 9.80 Å². The van der Waals surface area contributed by atoms with E-state index in [1.807, 2.05) is 17.9 Å². The smallest absolute Gasteiger partial charge is 0.337 e. The van der Waals surface area contributed by atoms with Crippen molar-refractivity contribution in [3.63, 3.8) is 0 Å². The zero-order chi connectivity index (χ0) is 25.4. The Morgan fingerprint density at radius 1 is 1.17 bits per heavy atom. The normalized spacial score (nSPS) is 17.5. The molecule has 3 aromatic rings. The number of urea groups is 1. The number of nitrogens with zero attached hydrogens (tertiary/aromatic N) is 10. The van der Waals surface area contributed by atoms with Crippen molar-refractivity contribution in [3.05, 3.63) is 58.0 Å². The lowest BCUT2D eigenvalue weighted by atomic mass is 10.0. The van der Waals surface area contributed by atoms with E-state index in [0.717, 1.165) is 0 Å². The van der Waals surface area contributed by atoms with Crippen molar-refractivity contribution in [1.82, 2.24) is 34.6 Å². The van der Waals surface area contributed by atoms with Gasteiger partial charge in [-0.25, -0.2) is 24.2 Å². The Bertz CT molecular complexity index is 1390. The van der Waals surface area contributed by atoms with Gasteiger partial charge in [0, 0.05) is 38.8 Å². The molecular formula is C23H22ClFN10O. The number of anilines is 1. The summed E-state index contributed by atoms with van der Waals surface area (Å²) in [6, 6.07) is 5.31. The summed E-state index contributed by atoms with van der Waals surface area (Å²) in [5, 5.41) is 19.5.